The van der Waals surface area contributed by atoms with Gasteiger partial charge < -0.3 is 11.1 Å². The lowest BCUT2D eigenvalue weighted by molar-refractivity contribution is -0.145. The highest BCUT2D eigenvalue weighted by molar-refractivity contribution is 7.94. The molecule has 4 aliphatic rings. The fourth-order valence-corrected chi connectivity index (χ4v) is 9.02. The van der Waals surface area contributed by atoms with Crippen LogP contribution in [0.15, 0.2) is 28.5 Å². The number of nitrogens with zero attached hydrogens (tertiary/aromatic N) is 1. The van der Waals surface area contributed by atoms with Gasteiger partial charge in [0.05, 0.1) is 10.7 Å². The van der Waals surface area contributed by atoms with E-state index in [1.165, 1.54) is 0 Å². The Morgan fingerprint density at radius 1 is 1.15 bits per heavy atom. The van der Waals surface area contributed by atoms with Crippen molar-refractivity contribution >= 4 is 38.9 Å². The van der Waals surface area contributed by atoms with E-state index >= 15 is 0 Å². The van der Waals surface area contributed by atoms with Crippen LogP contribution in [-0.2, 0) is 14.8 Å². The second kappa shape index (κ2) is 7.80. The lowest BCUT2D eigenvalue weighted by atomic mass is 9.47. The Kier molecular flexibility index (Phi) is 5.28. The molecule has 0 radical (unpaired) electrons. The maximum atomic E-state index is 13.1. The summed E-state index contributed by atoms with van der Waals surface area (Å²) in [6, 6.07) is 6.53. The number of nitrogens with one attached hydrogen (secondary N) is 2. The van der Waals surface area contributed by atoms with Gasteiger partial charge in [-0.2, -0.15) is 0 Å². The van der Waals surface area contributed by atoms with E-state index in [1.54, 1.807) is 38.1 Å². The summed E-state index contributed by atoms with van der Waals surface area (Å²) in [7, 11) is -3.79. The van der Waals surface area contributed by atoms with Crippen LogP contribution in [0.4, 0.5) is 5.69 Å². The van der Waals surface area contributed by atoms with Crippen LogP contribution < -0.4 is 15.8 Å². The molecule has 4 aliphatic carbocycles. The van der Waals surface area contributed by atoms with Gasteiger partial charge >= 0.3 is 0 Å². The highest BCUT2D eigenvalue weighted by Gasteiger charge is 2.58. The highest BCUT2D eigenvalue weighted by Crippen LogP contribution is 2.59. The molecule has 4 bridgehead atoms. The lowest BCUT2D eigenvalue weighted by Gasteiger charge is -2.58. The quantitative estimate of drug-likeness (QED) is 0.575. The van der Waals surface area contributed by atoms with E-state index in [4.69, 9.17) is 5.73 Å². The van der Waals surface area contributed by atoms with Crippen LogP contribution in [0.2, 0.25) is 0 Å². The standard InChI is InChI=1S/C23H28N4O4S2/c1-12-21(32-13(2)25-12)33(30,31)27-18-5-3-4-15(8-18)20(28)26-19-16-6-14-7-17(19)11-23(9-14,10-16)22(24)29/h3-5,8,14,16-17,19,27H,6-7,9-11H2,1-2H3,(H2,24,29)(H,26,28). The van der Waals surface area contributed by atoms with Crippen molar-refractivity contribution < 1.29 is 18.0 Å². The van der Waals surface area contributed by atoms with Crippen LogP contribution in [0, 0.1) is 37.0 Å². The van der Waals surface area contributed by atoms with Crippen molar-refractivity contribution in [2.24, 2.45) is 28.9 Å². The molecule has 4 saturated carbocycles. The second-order valence-corrected chi connectivity index (χ2v) is 13.0. The fourth-order valence-electron chi connectivity index (χ4n) is 6.48. The molecule has 33 heavy (non-hydrogen) atoms. The molecular weight excluding hydrogens is 460 g/mol. The number of sulfonamides is 1. The van der Waals surface area contributed by atoms with E-state index in [2.05, 4.69) is 15.0 Å². The van der Waals surface area contributed by atoms with Gasteiger partial charge in [0.15, 0.2) is 4.21 Å². The molecule has 6 rings (SSSR count). The zero-order valence-electron chi connectivity index (χ0n) is 18.6. The normalized spacial score (nSPS) is 30.2. The minimum Gasteiger partial charge on any atom is -0.369 e. The number of rotatable bonds is 6. The van der Waals surface area contributed by atoms with Gasteiger partial charge in [0.25, 0.3) is 15.9 Å². The van der Waals surface area contributed by atoms with E-state index in [-0.39, 0.29) is 33.9 Å². The van der Waals surface area contributed by atoms with Crippen LogP contribution in [0.5, 0.6) is 0 Å². The molecule has 10 heteroatoms. The van der Waals surface area contributed by atoms with Gasteiger partial charge in [-0.1, -0.05) is 6.07 Å². The van der Waals surface area contributed by atoms with Gasteiger partial charge in [-0.25, -0.2) is 13.4 Å². The molecular formula is C23H28N4O4S2. The number of aromatic nitrogens is 1. The van der Waals surface area contributed by atoms with Crippen molar-refractivity contribution in [3.05, 3.63) is 40.5 Å². The van der Waals surface area contributed by atoms with Crippen LogP contribution >= 0.6 is 11.3 Å². The van der Waals surface area contributed by atoms with Gasteiger partial charge in [0.2, 0.25) is 5.91 Å². The van der Waals surface area contributed by atoms with E-state index in [0.717, 1.165) is 43.4 Å². The Bertz CT molecular complexity index is 1220. The number of thiazole rings is 1. The molecule has 2 aromatic rings. The third-order valence-corrected chi connectivity index (χ3v) is 10.6. The summed E-state index contributed by atoms with van der Waals surface area (Å²) < 4.78 is 28.4. The molecule has 0 spiro atoms. The average Bonchev–Trinajstić information content (AvgIpc) is 3.09. The number of aryl methyl sites for hydroxylation is 2. The maximum absolute atomic E-state index is 13.1. The predicted octanol–water partition coefficient (Wildman–Crippen LogP) is 2.97. The molecule has 4 N–H and O–H groups in total. The SMILES string of the molecule is Cc1nc(C)c(S(=O)(=O)Nc2cccc(C(=O)NC3C4CC5CC3CC(C(N)=O)(C5)C4)c2)s1. The van der Waals surface area contributed by atoms with Gasteiger partial charge in [0.1, 0.15) is 0 Å². The molecule has 0 saturated heterocycles. The summed E-state index contributed by atoms with van der Waals surface area (Å²) in [6.07, 6.45) is 4.41. The zero-order chi connectivity index (χ0) is 23.5. The summed E-state index contributed by atoms with van der Waals surface area (Å²) >= 11 is 1.12. The van der Waals surface area contributed by atoms with Gasteiger partial charge in [-0.3, -0.25) is 14.3 Å². The molecule has 0 aliphatic heterocycles. The summed E-state index contributed by atoms with van der Waals surface area (Å²) in [5.74, 6) is 0.600. The van der Waals surface area contributed by atoms with Crippen molar-refractivity contribution in [1.29, 1.82) is 0 Å². The lowest BCUT2D eigenvalue weighted by Crippen LogP contribution is -2.62. The summed E-state index contributed by atoms with van der Waals surface area (Å²) in [5.41, 5.74) is 6.54. The fraction of sp³-hybridized carbons (Fsp3) is 0.522. The molecule has 1 aromatic heterocycles. The highest BCUT2D eigenvalue weighted by atomic mass is 32.2. The smallest absolute Gasteiger partial charge is 0.273 e. The number of benzene rings is 1. The number of amides is 2. The summed E-state index contributed by atoms with van der Waals surface area (Å²) in [6.45, 7) is 3.42. The number of carbonyl (C=O) groups excluding carboxylic acids is 2. The van der Waals surface area contributed by atoms with Crippen molar-refractivity contribution in [3.8, 4) is 0 Å². The first-order valence-electron chi connectivity index (χ1n) is 11.2. The zero-order valence-corrected chi connectivity index (χ0v) is 20.3. The molecule has 2 unspecified atom stereocenters. The molecule has 2 amide bonds. The topological polar surface area (TPSA) is 131 Å². The first-order valence-corrected chi connectivity index (χ1v) is 13.5. The minimum absolute atomic E-state index is 0.0182. The van der Waals surface area contributed by atoms with Crippen LogP contribution in [0.25, 0.3) is 0 Å². The van der Waals surface area contributed by atoms with Crippen LogP contribution in [-0.4, -0.2) is 31.3 Å². The Labute approximate surface area is 197 Å². The molecule has 2 atom stereocenters. The predicted molar refractivity (Wildman–Crippen MR) is 125 cm³/mol. The minimum atomic E-state index is -3.79. The second-order valence-electron chi connectivity index (χ2n) is 9.91. The largest absolute Gasteiger partial charge is 0.369 e. The maximum Gasteiger partial charge on any atom is 0.273 e. The number of hydrogen-bond donors (Lipinski definition) is 3. The Balaban J connectivity index is 1.31. The van der Waals surface area contributed by atoms with E-state index in [0.29, 0.717) is 27.9 Å². The number of nitrogens with two attached hydrogens (primary N) is 1. The average molecular weight is 489 g/mol. The molecule has 176 valence electrons. The Hall–Kier alpha value is -2.46. The first-order chi connectivity index (χ1) is 15.6. The van der Waals surface area contributed by atoms with Gasteiger partial charge in [-0.05, 0) is 81.9 Å². The third kappa shape index (κ3) is 3.93. The summed E-state index contributed by atoms with van der Waals surface area (Å²) in [4.78, 5) is 29.5. The molecule has 4 fully saturated rings. The number of anilines is 1. The van der Waals surface area contributed by atoms with Crippen molar-refractivity contribution in [1.82, 2.24) is 10.3 Å². The van der Waals surface area contributed by atoms with Gasteiger partial charge in [-0.15, -0.1) is 11.3 Å². The van der Waals surface area contributed by atoms with E-state index in [9.17, 15) is 18.0 Å². The van der Waals surface area contributed by atoms with E-state index < -0.39 is 15.4 Å². The monoisotopic (exact) mass is 488 g/mol. The van der Waals surface area contributed by atoms with Crippen LogP contribution in [0.1, 0.15) is 53.2 Å². The Morgan fingerprint density at radius 2 is 1.85 bits per heavy atom. The number of primary amides is 1. The van der Waals surface area contributed by atoms with Crippen molar-refractivity contribution in [2.45, 2.75) is 56.2 Å². The molecule has 1 aromatic carbocycles. The van der Waals surface area contributed by atoms with Crippen LogP contribution in [0.3, 0.4) is 0 Å². The third-order valence-electron chi connectivity index (χ3n) is 7.58. The first kappa shape index (κ1) is 22.3. The molecule has 1 heterocycles. The van der Waals surface area contributed by atoms with Crippen molar-refractivity contribution in [3.63, 3.8) is 0 Å². The van der Waals surface area contributed by atoms with Crippen molar-refractivity contribution in [2.75, 3.05) is 4.72 Å². The number of hydrogen-bond acceptors (Lipinski definition) is 6. The number of carbonyl (C=O) groups is 2. The Morgan fingerprint density at radius 3 is 2.45 bits per heavy atom. The molecule has 8 nitrogen and oxygen atoms in total. The van der Waals surface area contributed by atoms with E-state index in [1.807, 2.05) is 0 Å². The van der Waals surface area contributed by atoms with Gasteiger partial charge in [0, 0.05) is 22.7 Å². The summed E-state index contributed by atoms with van der Waals surface area (Å²) in [5, 5.41) is 3.87.